The van der Waals surface area contributed by atoms with Gasteiger partial charge in [-0.3, -0.25) is 9.59 Å². The molecule has 0 saturated carbocycles. The molecule has 0 aromatic rings. The molecule has 2 atom stereocenters. The number of nitrogens with zero attached hydrogens (tertiary/aromatic N) is 1. The molecule has 1 amide bonds. The van der Waals surface area contributed by atoms with Crippen molar-refractivity contribution in [3.05, 3.63) is 0 Å². The Morgan fingerprint density at radius 1 is 1.29 bits per heavy atom. The fraction of sp³-hybridized carbons (Fsp3) is 0.875. The van der Waals surface area contributed by atoms with E-state index in [1.807, 2.05) is 20.8 Å². The van der Waals surface area contributed by atoms with Gasteiger partial charge in [0.25, 0.3) is 0 Å². The molecule has 122 valence electrons. The van der Waals surface area contributed by atoms with Crippen LogP contribution in [0.4, 0.5) is 0 Å². The fourth-order valence-corrected chi connectivity index (χ4v) is 2.77. The van der Waals surface area contributed by atoms with E-state index in [1.165, 1.54) is 7.11 Å². The second kappa shape index (κ2) is 7.78. The molecular formula is C16H30N2O3. The van der Waals surface area contributed by atoms with Gasteiger partial charge in [0.1, 0.15) is 0 Å². The van der Waals surface area contributed by atoms with Crippen molar-refractivity contribution in [2.75, 3.05) is 26.7 Å². The third-order valence-corrected chi connectivity index (χ3v) is 3.85. The first-order valence-corrected chi connectivity index (χ1v) is 7.86. The molecule has 5 nitrogen and oxygen atoms in total. The summed E-state index contributed by atoms with van der Waals surface area (Å²) < 4.78 is 4.77. The molecule has 1 aliphatic heterocycles. The lowest BCUT2D eigenvalue weighted by atomic mass is 9.89. The minimum Gasteiger partial charge on any atom is -0.469 e. The largest absolute Gasteiger partial charge is 0.469 e. The van der Waals surface area contributed by atoms with Crippen molar-refractivity contribution in [2.24, 2.45) is 11.3 Å². The quantitative estimate of drug-likeness (QED) is 0.787. The zero-order valence-corrected chi connectivity index (χ0v) is 14.1. The van der Waals surface area contributed by atoms with Crippen molar-refractivity contribution in [3.8, 4) is 0 Å². The molecule has 1 rings (SSSR count). The Balaban J connectivity index is 2.65. The van der Waals surface area contributed by atoms with Gasteiger partial charge in [-0.1, -0.05) is 27.7 Å². The highest BCUT2D eigenvalue weighted by Gasteiger charge is 2.31. The molecule has 0 aromatic heterocycles. The number of nitrogens with one attached hydrogen (secondary N) is 1. The number of esters is 1. The van der Waals surface area contributed by atoms with Crippen LogP contribution in [0.25, 0.3) is 0 Å². The summed E-state index contributed by atoms with van der Waals surface area (Å²) >= 11 is 0. The molecule has 0 aromatic carbocycles. The molecule has 0 bridgehead atoms. The number of hydrogen-bond donors (Lipinski definition) is 1. The van der Waals surface area contributed by atoms with Crippen LogP contribution in [-0.2, 0) is 14.3 Å². The lowest BCUT2D eigenvalue weighted by molar-refractivity contribution is -0.142. The van der Waals surface area contributed by atoms with Crippen LogP contribution in [0.2, 0.25) is 0 Å². The van der Waals surface area contributed by atoms with Crippen molar-refractivity contribution in [1.29, 1.82) is 0 Å². The van der Waals surface area contributed by atoms with Crippen LogP contribution in [0.15, 0.2) is 0 Å². The number of carbonyl (C=O) groups is 2. The Morgan fingerprint density at radius 2 is 1.95 bits per heavy atom. The molecule has 1 saturated heterocycles. The molecule has 0 aliphatic carbocycles. The number of carbonyl (C=O) groups excluding carboxylic acids is 2. The van der Waals surface area contributed by atoms with Gasteiger partial charge in [-0.15, -0.1) is 0 Å². The van der Waals surface area contributed by atoms with Crippen molar-refractivity contribution in [1.82, 2.24) is 10.2 Å². The van der Waals surface area contributed by atoms with Crippen LogP contribution in [0, 0.1) is 11.3 Å². The van der Waals surface area contributed by atoms with E-state index < -0.39 is 0 Å². The molecule has 0 spiro atoms. The monoisotopic (exact) mass is 298 g/mol. The van der Waals surface area contributed by atoms with Gasteiger partial charge >= 0.3 is 5.97 Å². The summed E-state index contributed by atoms with van der Waals surface area (Å²) in [6.45, 7) is 10.7. The number of amides is 1. The Hall–Kier alpha value is -1.10. The van der Waals surface area contributed by atoms with Crippen molar-refractivity contribution in [3.63, 3.8) is 0 Å². The first kappa shape index (κ1) is 18.0. The van der Waals surface area contributed by atoms with E-state index >= 15 is 0 Å². The standard InChI is InChI=1S/C16H30N2O3/c1-6-7-18-10-12(9-14(19)21-5)8-13(11-18)17-15(20)16(2,3)4/h12-13H,6-11H2,1-5H3,(H,17,20). The van der Waals surface area contributed by atoms with Crippen LogP contribution in [-0.4, -0.2) is 49.6 Å². The smallest absolute Gasteiger partial charge is 0.305 e. The van der Waals surface area contributed by atoms with Gasteiger partial charge in [0, 0.05) is 31.0 Å². The number of hydrogen-bond acceptors (Lipinski definition) is 4. The maximum Gasteiger partial charge on any atom is 0.305 e. The van der Waals surface area contributed by atoms with E-state index in [2.05, 4.69) is 17.1 Å². The molecule has 1 aliphatic rings. The number of likely N-dealkylation sites (tertiary alicyclic amines) is 1. The van der Waals surface area contributed by atoms with Gasteiger partial charge in [0.15, 0.2) is 0 Å². The normalized spacial score (nSPS) is 23.7. The van der Waals surface area contributed by atoms with Crippen LogP contribution in [0.1, 0.15) is 47.0 Å². The second-order valence-corrected chi connectivity index (χ2v) is 7.06. The lowest BCUT2D eigenvalue weighted by Gasteiger charge is -2.38. The highest BCUT2D eigenvalue weighted by Crippen LogP contribution is 2.22. The first-order chi connectivity index (χ1) is 9.76. The molecule has 0 radical (unpaired) electrons. The third-order valence-electron chi connectivity index (χ3n) is 3.85. The van der Waals surface area contributed by atoms with Crippen LogP contribution in [0.5, 0.6) is 0 Å². The Morgan fingerprint density at radius 3 is 2.48 bits per heavy atom. The molecule has 1 N–H and O–H groups in total. The summed E-state index contributed by atoms with van der Waals surface area (Å²) in [4.78, 5) is 26.0. The zero-order chi connectivity index (χ0) is 16.0. The van der Waals surface area contributed by atoms with Gasteiger partial charge in [0.2, 0.25) is 5.91 Å². The van der Waals surface area contributed by atoms with Crippen molar-refractivity contribution in [2.45, 2.75) is 53.0 Å². The zero-order valence-electron chi connectivity index (χ0n) is 14.1. The number of piperidine rings is 1. The Labute approximate surface area is 128 Å². The summed E-state index contributed by atoms with van der Waals surface area (Å²) in [5.41, 5.74) is -0.384. The van der Waals surface area contributed by atoms with Crippen LogP contribution in [0.3, 0.4) is 0 Å². The molecule has 1 heterocycles. The number of ether oxygens (including phenoxy) is 1. The highest BCUT2D eigenvalue weighted by molar-refractivity contribution is 5.81. The summed E-state index contributed by atoms with van der Waals surface area (Å²) in [7, 11) is 1.42. The van der Waals surface area contributed by atoms with Crippen LogP contribution >= 0.6 is 0 Å². The maximum atomic E-state index is 12.2. The highest BCUT2D eigenvalue weighted by atomic mass is 16.5. The molecule has 1 fully saturated rings. The maximum absolute atomic E-state index is 12.2. The van der Waals surface area contributed by atoms with Crippen LogP contribution < -0.4 is 5.32 Å². The van der Waals surface area contributed by atoms with E-state index in [0.29, 0.717) is 6.42 Å². The lowest BCUT2D eigenvalue weighted by Crippen LogP contribution is -2.53. The second-order valence-electron chi connectivity index (χ2n) is 7.06. The van der Waals surface area contributed by atoms with E-state index in [1.54, 1.807) is 0 Å². The van der Waals surface area contributed by atoms with Gasteiger partial charge in [-0.05, 0) is 25.3 Å². The predicted octanol–water partition coefficient (Wildman–Crippen LogP) is 1.81. The summed E-state index contributed by atoms with van der Waals surface area (Å²) in [5, 5.41) is 3.14. The van der Waals surface area contributed by atoms with Gasteiger partial charge in [0.05, 0.1) is 7.11 Å². The summed E-state index contributed by atoms with van der Waals surface area (Å²) in [6, 6.07) is 0.117. The van der Waals surface area contributed by atoms with Gasteiger partial charge in [-0.25, -0.2) is 0 Å². The third kappa shape index (κ3) is 6.04. The van der Waals surface area contributed by atoms with Crippen molar-refractivity contribution < 1.29 is 14.3 Å². The molecule has 21 heavy (non-hydrogen) atoms. The molecular weight excluding hydrogens is 268 g/mol. The molecule has 5 heteroatoms. The minimum atomic E-state index is -0.384. The average molecular weight is 298 g/mol. The predicted molar refractivity (Wildman–Crippen MR) is 82.9 cm³/mol. The number of methoxy groups -OCH3 is 1. The van der Waals surface area contributed by atoms with E-state index in [9.17, 15) is 9.59 Å². The first-order valence-electron chi connectivity index (χ1n) is 7.86. The summed E-state index contributed by atoms with van der Waals surface area (Å²) in [5.74, 6) is 0.157. The Bertz CT molecular complexity index is 363. The summed E-state index contributed by atoms with van der Waals surface area (Å²) in [6.07, 6.45) is 2.35. The van der Waals surface area contributed by atoms with E-state index in [0.717, 1.165) is 32.5 Å². The van der Waals surface area contributed by atoms with Gasteiger partial charge < -0.3 is 15.0 Å². The minimum absolute atomic E-state index is 0.0719. The topological polar surface area (TPSA) is 58.6 Å². The van der Waals surface area contributed by atoms with E-state index in [-0.39, 0.29) is 29.3 Å². The number of rotatable bonds is 5. The SMILES string of the molecule is CCCN1CC(CC(=O)OC)CC(NC(=O)C(C)(C)C)C1. The average Bonchev–Trinajstić information content (AvgIpc) is 2.37. The Kier molecular flexibility index (Phi) is 6.65. The fourth-order valence-electron chi connectivity index (χ4n) is 2.77. The van der Waals surface area contributed by atoms with E-state index in [4.69, 9.17) is 4.74 Å². The van der Waals surface area contributed by atoms with Crippen molar-refractivity contribution >= 4 is 11.9 Å². The molecule has 2 unspecified atom stereocenters. The van der Waals surface area contributed by atoms with Gasteiger partial charge in [-0.2, -0.15) is 0 Å².